The van der Waals surface area contributed by atoms with Crippen molar-refractivity contribution in [1.29, 1.82) is 0 Å². The van der Waals surface area contributed by atoms with Crippen LogP contribution < -0.4 is 42.5 Å². The zero-order valence-corrected chi connectivity index (χ0v) is 37.9. The summed E-state index contributed by atoms with van der Waals surface area (Å²) in [7, 11) is -0.182. The highest BCUT2D eigenvalue weighted by Gasteiger charge is 2.52. The molecular formula is C44H60BBrN12O4. The fourth-order valence-corrected chi connectivity index (χ4v) is 8.21. The van der Waals surface area contributed by atoms with Gasteiger partial charge in [0.25, 0.3) is 0 Å². The lowest BCUT2D eigenvalue weighted by Gasteiger charge is -2.37. The van der Waals surface area contributed by atoms with E-state index >= 15 is 0 Å². The third-order valence-electron chi connectivity index (χ3n) is 12.1. The quantitative estimate of drug-likeness (QED) is 0.177. The van der Waals surface area contributed by atoms with Crippen LogP contribution in [0.4, 0.5) is 46.3 Å². The van der Waals surface area contributed by atoms with Crippen molar-refractivity contribution in [3.8, 4) is 0 Å². The summed E-state index contributed by atoms with van der Waals surface area (Å²) < 4.78 is 23.7. The first-order valence-electron chi connectivity index (χ1n) is 21.3. The van der Waals surface area contributed by atoms with E-state index in [1.807, 2.05) is 6.07 Å². The second-order valence-electron chi connectivity index (χ2n) is 16.7. The molecule has 330 valence electrons. The van der Waals surface area contributed by atoms with Crippen molar-refractivity contribution < 1.29 is 18.8 Å². The number of nitrogen functional groups attached to an aromatic ring is 4. The first-order chi connectivity index (χ1) is 29.8. The maximum Gasteiger partial charge on any atom is 0.490 e. The summed E-state index contributed by atoms with van der Waals surface area (Å²) in [5.74, 6) is 1.31. The second kappa shape index (κ2) is 19.9. The molecule has 4 aromatic rings. The monoisotopic (exact) mass is 910 g/mol. The van der Waals surface area contributed by atoms with Gasteiger partial charge in [-0.15, -0.1) is 0 Å². The van der Waals surface area contributed by atoms with E-state index in [1.54, 1.807) is 12.4 Å². The van der Waals surface area contributed by atoms with Gasteiger partial charge in [-0.05, 0) is 87.5 Å². The Balaban J connectivity index is 0.000000145. The molecule has 0 spiro atoms. The molecule has 0 bridgehead atoms. The van der Waals surface area contributed by atoms with Gasteiger partial charge < -0.3 is 61.3 Å². The molecule has 0 amide bonds. The average molecular weight is 912 g/mol. The predicted molar refractivity (Wildman–Crippen MR) is 254 cm³/mol. The molecule has 8 N–H and O–H groups in total. The number of rotatable bonds is 6. The number of hydrogen-bond acceptors (Lipinski definition) is 16. The number of aromatic nitrogens is 4. The minimum Gasteiger partial charge on any atom is -0.400 e. The van der Waals surface area contributed by atoms with Crippen molar-refractivity contribution in [3.63, 3.8) is 0 Å². The van der Waals surface area contributed by atoms with Gasteiger partial charge in [0, 0.05) is 68.2 Å². The lowest BCUT2D eigenvalue weighted by Crippen LogP contribution is -2.46. The van der Waals surface area contributed by atoms with E-state index in [4.69, 9.17) is 41.7 Å². The SMILES string of the molecule is CC1(C)OB(C2=CCOCC2)OC1(C)C.Nc1ncc(N2CCN(c3cccc(Br)c3)CC2)c(N)n1.Nc1ncc(N2CCN(c3cccc(C4=CCOCC4)c3)CC2)c(N)n1. The molecule has 0 aliphatic carbocycles. The molecule has 16 nitrogen and oxygen atoms in total. The lowest BCUT2D eigenvalue weighted by atomic mass is 9.75. The summed E-state index contributed by atoms with van der Waals surface area (Å²) in [6, 6.07) is 17.1. The van der Waals surface area contributed by atoms with Crippen LogP contribution in [0.3, 0.4) is 0 Å². The van der Waals surface area contributed by atoms with Gasteiger partial charge in [-0.2, -0.15) is 9.97 Å². The van der Waals surface area contributed by atoms with Gasteiger partial charge in [0.1, 0.15) is 0 Å². The molecule has 18 heteroatoms. The molecule has 7 heterocycles. The lowest BCUT2D eigenvalue weighted by molar-refractivity contribution is 0.00578. The number of anilines is 8. The van der Waals surface area contributed by atoms with Crippen molar-refractivity contribution in [3.05, 3.63) is 88.6 Å². The van der Waals surface area contributed by atoms with Crippen molar-refractivity contribution in [2.75, 3.05) is 121 Å². The van der Waals surface area contributed by atoms with E-state index in [0.29, 0.717) is 24.8 Å². The molecule has 3 fully saturated rings. The summed E-state index contributed by atoms with van der Waals surface area (Å²) >= 11 is 3.51. The summed E-state index contributed by atoms with van der Waals surface area (Å²) in [5.41, 5.74) is 30.7. The van der Waals surface area contributed by atoms with E-state index < -0.39 is 0 Å². The Bertz CT molecular complexity index is 2200. The van der Waals surface area contributed by atoms with Crippen LogP contribution in [0.2, 0.25) is 0 Å². The molecule has 0 radical (unpaired) electrons. The Morgan fingerprint density at radius 3 is 1.56 bits per heavy atom. The first-order valence-corrected chi connectivity index (χ1v) is 22.1. The van der Waals surface area contributed by atoms with E-state index in [0.717, 1.165) is 94.3 Å². The zero-order chi connectivity index (χ0) is 43.9. The summed E-state index contributed by atoms with van der Waals surface area (Å²) in [5, 5.41) is 0. The number of halogens is 1. The highest BCUT2D eigenvalue weighted by atomic mass is 79.9. The smallest absolute Gasteiger partial charge is 0.400 e. The minimum absolute atomic E-state index is 0.182. The molecule has 5 aliphatic rings. The number of hydrogen-bond donors (Lipinski definition) is 4. The Kier molecular flexibility index (Phi) is 14.4. The van der Waals surface area contributed by atoms with E-state index in [1.165, 1.54) is 28.0 Å². The van der Waals surface area contributed by atoms with Gasteiger partial charge in [0.15, 0.2) is 11.6 Å². The Hall–Kier alpha value is -5.14. The van der Waals surface area contributed by atoms with Crippen LogP contribution >= 0.6 is 15.9 Å². The molecular weight excluding hydrogens is 851 g/mol. The topological polar surface area (TPSA) is 206 Å². The predicted octanol–water partition coefficient (Wildman–Crippen LogP) is 5.47. The molecule has 0 atom stereocenters. The molecule has 3 saturated heterocycles. The first kappa shape index (κ1) is 44.9. The van der Waals surface area contributed by atoms with Crippen molar-refractivity contribution in [2.45, 2.75) is 51.7 Å². The highest BCUT2D eigenvalue weighted by Crippen LogP contribution is 2.39. The molecule has 0 saturated carbocycles. The molecule has 5 aliphatic heterocycles. The van der Waals surface area contributed by atoms with Crippen LogP contribution in [0.25, 0.3) is 5.57 Å². The average Bonchev–Trinajstić information content (AvgIpc) is 3.50. The van der Waals surface area contributed by atoms with Crippen LogP contribution in [0.15, 0.2) is 83.0 Å². The summed E-state index contributed by atoms with van der Waals surface area (Å²) in [6.45, 7) is 18.5. The number of nitrogens with two attached hydrogens (primary N) is 4. The van der Waals surface area contributed by atoms with E-state index in [9.17, 15) is 0 Å². The van der Waals surface area contributed by atoms with Crippen molar-refractivity contribution in [1.82, 2.24) is 19.9 Å². The van der Waals surface area contributed by atoms with Crippen LogP contribution in [0, 0.1) is 0 Å². The number of benzene rings is 2. The normalized spacial score (nSPS) is 19.7. The molecule has 9 rings (SSSR count). The number of ether oxygens (including phenoxy) is 2. The molecule has 2 aromatic heterocycles. The molecule has 2 aromatic carbocycles. The van der Waals surface area contributed by atoms with Crippen LogP contribution in [0.1, 0.15) is 46.1 Å². The second-order valence-corrected chi connectivity index (χ2v) is 17.6. The summed E-state index contributed by atoms with van der Waals surface area (Å²) in [6.07, 6.45) is 9.57. The third kappa shape index (κ3) is 11.1. The Labute approximate surface area is 373 Å². The largest absolute Gasteiger partial charge is 0.490 e. The fourth-order valence-electron chi connectivity index (χ4n) is 7.82. The molecule has 62 heavy (non-hydrogen) atoms. The van der Waals surface area contributed by atoms with Gasteiger partial charge in [0.05, 0.1) is 61.4 Å². The fraction of sp³-hybridized carbons (Fsp3) is 0.455. The van der Waals surface area contributed by atoms with Gasteiger partial charge in [0.2, 0.25) is 11.9 Å². The van der Waals surface area contributed by atoms with E-state index in [-0.39, 0.29) is 30.2 Å². The Morgan fingerprint density at radius 2 is 1.10 bits per heavy atom. The minimum atomic E-state index is -0.239. The van der Waals surface area contributed by atoms with Gasteiger partial charge in [-0.3, -0.25) is 0 Å². The maximum atomic E-state index is 6.00. The van der Waals surface area contributed by atoms with Crippen LogP contribution in [-0.2, 0) is 18.8 Å². The standard InChI is InChI=1S/C19H24N6O.C14H17BrN6.C11H19BO3/c20-18-17(13-22-19(21)23-18)25-8-6-24(7-9-25)16-3-1-2-15(12-16)14-4-10-26-11-5-14;15-10-2-1-3-11(8-10)20-4-6-21(7-5-20)12-9-18-14(17)19-13(12)16;1-10(2)11(3,4)15-12(14-10)9-5-7-13-8-6-9/h1-4,12-13H,5-11H2,(H4,20,21,22,23);1-3,8-9H,4-7H2,(H4,16,17,18,19);5H,6-8H2,1-4H3. The zero-order valence-electron chi connectivity index (χ0n) is 36.3. The van der Waals surface area contributed by atoms with E-state index in [2.05, 4.69) is 138 Å². The van der Waals surface area contributed by atoms with Crippen molar-refractivity contribution in [2.24, 2.45) is 0 Å². The van der Waals surface area contributed by atoms with Gasteiger partial charge >= 0.3 is 7.12 Å². The number of nitrogens with zero attached hydrogens (tertiary/aromatic N) is 8. The molecule has 0 unspecified atom stereocenters. The van der Waals surface area contributed by atoms with Crippen LogP contribution in [0.5, 0.6) is 0 Å². The Morgan fingerprint density at radius 1 is 0.613 bits per heavy atom. The van der Waals surface area contributed by atoms with Gasteiger partial charge in [-0.1, -0.05) is 46.3 Å². The third-order valence-corrected chi connectivity index (χ3v) is 12.6. The van der Waals surface area contributed by atoms with Crippen molar-refractivity contribution >= 4 is 74.9 Å². The maximum absolute atomic E-state index is 6.00. The highest BCUT2D eigenvalue weighted by molar-refractivity contribution is 9.10. The van der Waals surface area contributed by atoms with Crippen LogP contribution in [-0.4, -0.2) is 117 Å². The number of piperazine rings is 2. The summed E-state index contributed by atoms with van der Waals surface area (Å²) in [4.78, 5) is 25.4. The van der Waals surface area contributed by atoms with Gasteiger partial charge in [-0.25, -0.2) is 9.97 Å².